The van der Waals surface area contributed by atoms with E-state index in [1.54, 1.807) is 22.5 Å². The van der Waals surface area contributed by atoms with E-state index < -0.39 is 10.0 Å². The lowest BCUT2D eigenvalue weighted by Crippen LogP contribution is -2.47. The van der Waals surface area contributed by atoms with Crippen LogP contribution in [0, 0.1) is 0 Å². The number of hydrogen-bond donors (Lipinski definition) is 0. The number of methoxy groups -OCH3 is 1. The molecule has 1 aromatic carbocycles. The smallest absolute Gasteiger partial charge is 0.246 e. The zero-order valence-corrected chi connectivity index (χ0v) is 14.9. The summed E-state index contributed by atoms with van der Waals surface area (Å²) in [4.78, 5) is 2.30. The predicted molar refractivity (Wildman–Crippen MR) is 86.2 cm³/mol. The monoisotopic (exact) mass is 376 g/mol. The van der Waals surface area contributed by atoms with Crippen LogP contribution in [0.2, 0.25) is 0 Å². The van der Waals surface area contributed by atoms with Gasteiger partial charge >= 0.3 is 0 Å². The normalized spacial score (nSPS) is 20.7. The van der Waals surface area contributed by atoms with Gasteiger partial charge in [-0.3, -0.25) is 0 Å². The Bertz CT molecular complexity index is 604. The number of piperidine rings is 1. The molecule has 0 amide bonds. The zero-order valence-electron chi connectivity index (χ0n) is 12.5. The van der Waals surface area contributed by atoms with E-state index >= 15 is 0 Å². The molecule has 2 rings (SSSR count). The fraction of sp³-hybridized carbons (Fsp3) is 0.571. The van der Waals surface area contributed by atoms with Crippen molar-refractivity contribution in [3.05, 3.63) is 22.7 Å². The van der Waals surface area contributed by atoms with Crippen LogP contribution in [0.1, 0.15) is 12.8 Å². The summed E-state index contributed by atoms with van der Waals surface area (Å²) in [5, 5.41) is 0. The number of hydrogen-bond acceptors (Lipinski definition) is 4. The summed E-state index contributed by atoms with van der Waals surface area (Å²) in [6.45, 7) is 1.08. The van der Waals surface area contributed by atoms with Gasteiger partial charge in [0.1, 0.15) is 10.6 Å². The Balaban J connectivity index is 2.35. The number of halogens is 1. The molecule has 0 spiro atoms. The Morgan fingerprint density at radius 1 is 1.38 bits per heavy atom. The van der Waals surface area contributed by atoms with Crippen molar-refractivity contribution in [1.29, 1.82) is 0 Å². The van der Waals surface area contributed by atoms with Gasteiger partial charge in [-0.15, -0.1) is 0 Å². The second-order valence-corrected chi connectivity index (χ2v) is 8.24. The molecule has 0 saturated carbocycles. The zero-order chi connectivity index (χ0) is 15.6. The van der Waals surface area contributed by atoms with Gasteiger partial charge in [-0.2, -0.15) is 4.31 Å². The first-order valence-corrected chi connectivity index (χ1v) is 9.09. The minimum atomic E-state index is -3.54. The van der Waals surface area contributed by atoms with Gasteiger partial charge in [0.2, 0.25) is 10.0 Å². The van der Waals surface area contributed by atoms with Crippen LogP contribution < -0.4 is 4.74 Å². The Hall–Kier alpha value is -0.630. The number of nitrogens with zero attached hydrogens (tertiary/aromatic N) is 2. The van der Waals surface area contributed by atoms with E-state index in [0.29, 0.717) is 18.8 Å². The summed E-state index contributed by atoms with van der Waals surface area (Å²) in [5.74, 6) is 0.380. The number of likely N-dealkylation sites (N-methyl/N-ethyl adjacent to an activating group) is 1. The van der Waals surface area contributed by atoms with Gasteiger partial charge in [0.05, 0.1) is 7.11 Å². The van der Waals surface area contributed by atoms with Crippen LogP contribution >= 0.6 is 15.9 Å². The molecule has 1 aliphatic heterocycles. The number of benzene rings is 1. The topological polar surface area (TPSA) is 49.9 Å². The summed E-state index contributed by atoms with van der Waals surface area (Å²) in [7, 11) is 1.92. The van der Waals surface area contributed by atoms with Crippen LogP contribution in [0.15, 0.2) is 27.6 Å². The summed E-state index contributed by atoms with van der Waals surface area (Å²) in [5.41, 5.74) is 0. The highest BCUT2D eigenvalue weighted by atomic mass is 79.9. The molecule has 1 unspecified atom stereocenters. The molecule has 0 aliphatic carbocycles. The first-order valence-electron chi connectivity index (χ1n) is 6.86. The Kier molecular flexibility index (Phi) is 5.29. The quantitative estimate of drug-likeness (QED) is 0.807. The van der Waals surface area contributed by atoms with Crippen LogP contribution in [0.5, 0.6) is 5.75 Å². The molecule has 118 valence electrons. The standard InChI is InChI=1S/C14H21BrN2O3S/c1-16(2)12-5-4-8-17(10-12)21(18,19)14-9-11(15)6-7-13(14)20-3/h6-7,9,12H,4-5,8,10H2,1-3H3. The minimum absolute atomic E-state index is 0.221. The van der Waals surface area contributed by atoms with Gasteiger partial charge < -0.3 is 9.64 Å². The highest BCUT2D eigenvalue weighted by Gasteiger charge is 2.33. The molecule has 7 heteroatoms. The van der Waals surface area contributed by atoms with Crippen molar-refractivity contribution >= 4 is 26.0 Å². The maximum Gasteiger partial charge on any atom is 0.246 e. The molecule has 5 nitrogen and oxygen atoms in total. The second kappa shape index (κ2) is 6.64. The molecule has 1 heterocycles. The van der Waals surface area contributed by atoms with Gasteiger partial charge in [-0.25, -0.2) is 8.42 Å². The Morgan fingerprint density at radius 2 is 2.10 bits per heavy atom. The number of ether oxygens (including phenoxy) is 1. The molecule has 1 atom stereocenters. The summed E-state index contributed by atoms with van der Waals surface area (Å²) < 4.78 is 33.3. The maximum atomic E-state index is 12.9. The molecule has 0 radical (unpaired) electrons. The van der Waals surface area contributed by atoms with Crippen molar-refractivity contribution < 1.29 is 13.2 Å². The van der Waals surface area contributed by atoms with Gasteiger partial charge in [0, 0.05) is 23.6 Å². The largest absolute Gasteiger partial charge is 0.495 e. The lowest BCUT2D eigenvalue weighted by atomic mass is 10.1. The van der Waals surface area contributed by atoms with E-state index in [0.717, 1.165) is 17.3 Å². The Morgan fingerprint density at radius 3 is 2.71 bits per heavy atom. The molecule has 21 heavy (non-hydrogen) atoms. The lowest BCUT2D eigenvalue weighted by molar-refractivity contribution is 0.190. The highest BCUT2D eigenvalue weighted by molar-refractivity contribution is 9.10. The van der Waals surface area contributed by atoms with Crippen molar-refractivity contribution in [2.45, 2.75) is 23.8 Å². The van der Waals surface area contributed by atoms with Crippen LogP contribution in [0.4, 0.5) is 0 Å². The van der Waals surface area contributed by atoms with E-state index in [2.05, 4.69) is 20.8 Å². The van der Waals surface area contributed by atoms with Crippen LogP contribution in [-0.2, 0) is 10.0 Å². The van der Waals surface area contributed by atoms with Crippen LogP contribution in [-0.4, -0.2) is 58.0 Å². The Labute approximate surface area is 135 Å². The van der Waals surface area contributed by atoms with Gasteiger partial charge in [0.25, 0.3) is 0 Å². The SMILES string of the molecule is COc1ccc(Br)cc1S(=O)(=O)N1CCCC(N(C)C)C1. The van der Waals surface area contributed by atoms with Crippen molar-refractivity contribution in [3.8, 4) is 5.75 Å². The third-order valence-corrected chi connectivity index (χ3v) is 6.21. The van der Waals surface area contributed by atoms with Crippen molar-refractivity contribution in [3.63, 3.8) is 0 Å². The molecular formula is C14H21BrN2O3S. The molecule has 1 fully saturated rings. The van der Waals surface area contributed by atoms with Crippen LogP contribution in [0.3, 0.4) is 0 Å². The van der Waals surface area contributed by atoms with E-state index in [1.165, 1.54) is 7.11 Å². The van der Waals surface area contributed by atoms with Gasteiger partial charge in [-0.1, -0.05) is 15.9 Å². The summed E-state index contributed by atoms with van der Waals surface area (Å²) in [6, 6.07) is 5.31. The predicted octanol–water partition coefficient (Wildman–Crippen LogP) is 2.17. The van der Waals surface area contributed by atoms with Crippen molar-refractivity contribution in [1.82, 2.24) is 9.21 Å². The van der Waals surface area contributed by atoms with Gasteiger partial charge in [-0.05, 0) is 45.1 Å². The van der Waals surface area contributed by atoms with E-state index in [4.69, 9.17) is 4.74 Å². The molecule has 1 aromatic rings. The maximum absolute atomic E-state index is 12.9. The summed E-state index contributed by atoms with van der Waals surface area (Å²) >= 11 is 3.33. The van der Waals surface area contributed by atoms with E-state index in [1.807, 2.05) is 14.1 Å². The molecule has 1 saturated heterocycles. The second-order valence-electron chi connectivity index (χ2n) is 5.42. The van der Waals surface area contributed by atoms with Crippen molar-refractivity contribution in [2.24, 2.45) is 0 Å². The van der Waals surface area contributed by atoms with E-state index in [-0.39, 0.29) is 10.9 Å². The lowest BCUT2D eigenvalue weighted by Gasteiger charge is -2.35. The number of rotatable bonds is 4. The van der Waals surface area contributed by atoms with Crippen LogP contribution in [0.25, 0.3) is 0 Å². The third kappa shape index (κ3) is 3.59. The molecule has 0 bridgehead atoms. The minimum Gasteiger partial charge on any atom is -0.495 e. The number of sulfonamides is 1. The van der Waals surface area contributed by atoms with E-state index in [9.17, 15) is 8.42 Å². The van der Waals surface area contributed by atoms with Crippen molar-refractivity contribution in [2.75, 3.05) is 34.3 Å². The first-order chi connectivity index (χ1) is 9.86. The van der Waals surface area contributed by atoms with Gasteiger partial charge in [0.15, 0.2) is 0 Å². The summed E-state index contributed by atoms with van der Waals surface area (Å²) in [6.07, 6.45) is 1.90. The fourth-order valence-corrected chi connectivity index (χ4v) is 4.76. The average Bonchev–Trinajstić information content (AvgIpc) is 2.47. The molecular weight excluding hydrogens is 356 g/mol. The molecule has 0 N–H and O–H groups in total. The fourth-order valence-electron chi connectivity index (χ4n) is 2.55. The molecule has 0 aromatic heterocycles. The average molecular weight is 377 g/mol. The molecule has 1 aliphatic rings. The third-order valence-electron chi connectivity index (χ3n) is 3.83. The first kappa shape index (κ1) is 16.7. The highest BCUT2D eigenvalue weighted by Crippen LogP contribution is 2.31.